The minimum absolute atomic E-state index is 0.00796. The minimum Gasteiger partial charge on any atom is -0.273 e. The Morgan fingerprint density at radius 3 is 2.54 bits per heavy atom. The number of nitro groups is 1. The van der Waals surface area contributed by atoms with E-state index in [1.54, 1.807) is 24.3 Å². The molecule has 1 N–H and O–H groups in total. The minimum atomic E-state index is -0.480. The van der Waals surface area contributed by atoms with Crippen LogP contribution in [0.2, 0.25) is 5.02 Å². The van der Waals surface area contributed by atoms with E-state index in [9.17, 15) is 14.9 Å². The number of benzene rings is 2. The maximum Gasteiger partial charge on any atom is 0.269 e. The summed E-state index contributed by atoms with van der Waals surface area (Å²) in [5.41, 5.74) is 4.74. The van der Waals surface area contributed by atoms with Gasteiger partial charge in [-0.15, -0.1) is 0 Å². The van der Waals surface area contributed by atoms with Crippen LogP contribution in [0.4, 0.5) is 5.69 Å². The van der Waals surface area contributed by atoms with Crippen molar-refractivity contribution in [1.82, 2.24) is 5.43 Å². The summed E-state index contributed by atoms with van der Waals surface area (Å²) in [4.78, 5) is 22.1. The molecule has 0 aliphatic rings. The average Bonchev–Trinajstić information content (AvgIpc) is 2.56. The van der Waals surface area contributed by atoms with Crippen molar-refractivity contribution in [2.45, 2.75) is 19.8 Å². The Kier molecular flexibility index (Phi) is 6.03. The molecule has 0 radical (unpaired) electrons. The largest absolute Gasteiger partial charge is 0.273 e. The molecular weight excluding hydrogens is 330 g/mol. The summed E-state index contributed by atoms with van der Waals surface area (Å²) in [6, 6.07) is 13.1. The van der Waals surface area contributed by atoms with Crippen molar-refractivity contribution in [3.05, 3.63) is 74.8 Å². The highest BCUT2D eigenvalue weighted by atomic mass is 35.5. The molecule has 2 rings (SSSR count). The molecule has 0 aliphatic carbocycles. The Hall–Kier alpha value is -2.73. The van der Waals surface area contributed by atoms with Crippen molar-refractivity contribution in [3.63, 3.8) is 0 Å². The zero-order valence-corrected chi connectivity index (χ0v) is 13.8. The van der Waals surface area contributed by atoms with Gasteiger partial charge in [-0.25, -0.2) is 5.43 Å². The van der Waals surface area contributed by atoms with Crippen LogP contribution in [-0.4, -0.2) is 16.5 Å². The SMILES string of the molecule is CC/C(=N/NC(=O)Cc1ccc([N+](=O)[O-])cc1)c1cccc(Cl)c1. The third-order valence-corrected chi connectivity index (χ3v) is 3.56. The summed E-state index contributed by atoms with van der Waals surface area (Å²) in [5, 5.41) is 15.4. The van der Waals surface area contributed by atoms with Crippen LogP contribution in [0.15, 0.2) is 53.6 Å². The molecule has 0 fully saturated rings. The lowest BCUT2D eigenvalue weighted by molar-refractivity contribution is -0.384. The maximum atomic E-state index is 12.0. The van der Waals surface area contributed by atoms with E-state index in [1.807, 2.05) is 19.1 Å². The van der Waals surface area contributed by atoms with Crippen molar-refractivity contribution in [2.24, 2.45) is 5.10 Å². The number of nitro benzene ring substituents is 1. The van der Waals surface area contributed by atoms with Crippen molar-refractivity contribution in [3.8, 4) is 0 Å². The summed E-state index contributed by atoms with van der Waals surface area (Å²) in [5.74, 6) is -0.295. The maximum absolute atomic E-state index is 12.0. The predicted molar refractivity (Wildman–Crippen MR) is 93.2 cm³/mol. The molecule has 0 bridgehead atoms. The van der Waals surface area contributed by atoms with E-state index < -0.39 is 4.92 Å². The molecule has 24 heavy (non-hydrogen) atoms. The molecule has 1 amide bonds. The van der Waals surface area contributed by atoms with Crippen molar-refractivity contribution in [2.75, 3.05) is 0 Å². The van der Waals surface area contributed by atoms with Gasteiger partial charge in [-0.05, 0) is 29.7 Å². The molecule has 0 heterocycles. The highest BCUT2D eigenvalue weighted by Crippen LogP contribution is 2.13. The molecule has 0 aliphatic heterocycles. The molecule has 0 aromatic heterocycles. The number of hydrogen-bond acceptors (Lipinski definition) is 4. The fourth-order valence-corrected chi connectivity index (χ4v) is 2.30. The van der Waals surface area contributed by atoms with Crippen LogP contribution < -0.4 is 5.43 Å². The summed E-state index contributed by atoms with van der Waals surface area (Å²) in [7, 11) is 0. The van der Waals surface area contributed by atoms with Gasteiger partial charge >= 0.3 is 0 Å². The van der Waals surface area contributed by atoms with Gasteiger partial charge in [-0.2, -0.15) is 5.10 Å². The molecule has 2 aromatic rings. The molecule has 0 unspecified atom stereocenters. The number of hydrogen-bond donors (Lipinski definition) is 1. The van der Waals surface area contributed by atoms with Crippen LogP contribution in [0, 0.1) is 10.1 Å². The molecular formula is C17H16ClN3O3. The number of amides is 1. The number of nitrogens with one attached hydrogen (secondary N) is 1. The Morgan fingerprint density at radius 2 is 1.96 bits per heavy atom. The molecule has 124 valence electrons. The van der Waals surface area contributed by atoms with Crippen molar-refractivity contribution < 1.29 is 9.72 Å². The van der Waals surface area contributed by atoms with Gasteiger partial charge < -0.3 is 0 Å². The number of halogens is 1. The molecule has 0 saturated carbocycles. The molecule has 0 atom stereocenters. The van der Waals surface area contributed by atoms with Gasteiger partial charge in [0.15, 0.2) is 0 Å². The van der Waals surface area contributed by atoms with E-state index in [1.165, 1.54) is 12.1 Å². The van der Waals surface area contributed by atoms with Crippen LogP contribution in [0.25, 0.3) is 0 Å². The second kappa shape index (κ2) is 8.21. The zero-order chi connectivity index (χ0) is 17.5. The lowest BCUT2D eigenvalue weighted by atomic mass is 10.1. The van der Waals surface area contributed by atoms with Crippen LogP contribution in [0.1, 0.15) is 24.5 Å². The van der Waals surface area contributed by atoms with Crippen LogP contribution >= 0.6 is 11.6 Å². The number of rotatable bonds is 6. The summed E-state index contributed by atoms with van der Waals surface area (Å²) < 4.78 is 0. The monoisotopic (exact) mass is 345 g/mol. The Morgan fingerprint density at radius 1 is 1.25 bits per heavy atom. The van der Waals surface area contributed by atoms with Crippen LogP contribution in [-0.2, 0) is 11.2 Å². The van der Waals surface area contributed by atoms with Gasteiger partial charge in [0.05, 0.1) is 17.1 Å². The topological polar surface area (TPSA) is 84.6 Å². The fraction of sp³-hybridized carbons (Fsp3) is 0.176. The summed E-state index contributed by atoms with van der Waals surface area (Å²) in [6.45, 7) is 1.93. The van der Waals surface area contributed by atoms with Gasteiger partial charge in [0.25, 0.3) is 5.69 Å². The van der Waals surface area contributed by atoms with Gasteiger partial charge in [0, 0.05) is 17.2 Å². The van der Waals surface area contributed by atoms with Gasteiger partial charge in [0.2, 0.25) is 5.91 Å². The van der Waals surface area contributed by atoms with E-state index in [4.69, 9.17) is 11.6 Å². The van der Waals surface area contributed by atoms with Gasteiger partial charge in [0.1, 0.15) is 0 Å². The quantitative estimate of drug-likeness (QED) is 0.492. The Balaban J connectivity index is 2.01. The van der Waals surface area contributed by atoms with Crippen molar-refractivity contribution >= 4 is 28.9 Å². The first-order valence-corrected chi connectivity index (χ1v) is 7.72. The van der Waals surface area contributed by atoms with Gasteiger partial charge in [-0.3, -0.25) is 14.9 Å². The van der Waals surface area contributed by atoms with E-state index in [-0.39, 0.29) is 18.0 Å². The molecule has 0 spiro atoms. The van der Waals surface area contributed by atoms with E-state index >= 15 is 0 Å². The molecule has 6 nitrogen and oxygen atoms in total. The Labute approximate surface area is 144 Å². The second-order valence-electron chi connectivity index (χ2n) is 5.06. The van der Waals surface area contributed by atoms with Gasteiger partial charge in [-0.1, -0.05) is 42.8 Å². The smallest absolute Gasteiger partial charge is 0.269 e. The third kappa shape index (κ3) is 4.89. The normalized spacial score (nSPS) is 11.2. The second-order valence-corrected chi connectivity index (χ2v) is 5.49. The number of nitrogens with zero attached hydrogens (tertiary/aromatic N) is 2. The number of carbonyl (C=O) groups excluding carboxylic acids is 1. The molecule has 2 aromatic carbocycles. The first-order valence-electron chi connectivity index (χ1n) is 7.34. The summed E-state index contributed by atoms with van der Waals surface area (Å²) in [6.07, 6.45) is 0.728. The summed E-state index contributed by atoms with van der Waals surface area (Å²) >= 11 is 5.96. The molecule has 0 saturated heterocycles. The van der Waals surface area contributed by atoms with Crippen molar-refractivity contribution in [1.29, 1.82) is 0 Å². The van der Waals surface area contributed by atoms with Crippen LogP contribution in [0.5, 0.6) is 0 Å². The molecule has 7 heteroatoms. The van der Waals surface area contributed by atoms with Crippen LogP contribution in [0.3, 0.4) is 0 Å². The van der Waals surface area contributed by atoms with E-state index in [0.717, 1.165) is 11.3 Å². The number of carbonyl (C=O) groups is 1. The van der Waals surface area contributed by atoms with E-state index in [2.05, 4.69) is 10.5 Å². The predicted octanol–water partition coefficient (Wildman–Crippen LogP) is 3.72. The first-order chi connectivity index (χ1) is 11.5. The lowest BCUT2D eigenvalue weighted by Crippen LogP contribution is -2.21. The van der Waals surface area contributed by atoms with E-state index in [0.29, 0.717) is 17.0 Å². The zero-order valence-electron chi connectivity index (χ0n) is 13.0. The number of hydrazone groups is 1. The fourth-order valence-electron chi connectivity index (χ4n) is 2.11. The highest BCUT2D eigenvalue weighted by Gasteiger charge is 2.08. The Bertz CT molecular complexity index is 773. The highest BCUT2D eigenvalue weighted by molar-refractivity contribution is 6.31. The average molecular weight is 346 g/mol. The number of non-ortho nitro benzene ring substituents is 1. The first kappa shape index (κ1) is 17.6. The lowest BCUT2D eigenvalue weighted by Gasteiger charge is -2.06. The third-order valence-electron chi connectivity index (χ3n) is 3.32. The standard InChI is InChI=1S/C17H16ClN3O3/c1-2-16(13-4-3-5-14(18)11-13)19-20-17(22)10-12-6-8-15(9-7-12)21(23)24/h3-9,11H,2,10H2,1H3,(H,20,22)/b19-16-.